The number of nitrogens with zero attached hydrogens (tertiary/aromatic N) is 1. The molecule has 1 saturated heterocycles. The van der Waals surface area contributed by atoms with E-state index in [1.54, 1.807) is 18.2 Å². The summed E-state index contributed by atoms with van der Waals surface area (Å²) < 4.78 is 41.1. The Bertz CT molecular complexity index is 817. The minimum Gasteiger partial charge on any atom is -0.313 e. The summed E-state index contributed by atoms with van der Waals surface area (Å²) in [6.07, 6.45) is 0. The molecule has 0 amide bonds. The van der Waals surface area contributed by atoms with E-state index in [1.165, 1.54) is 22.5 Å². The molecule has 2 aromatic carbocycles. The summed E-state index contributed by atoms with van der Waals surface area (Å²) in [5.41, 5.74) is 0.782. The van der Waals surface area contributed by atoms with E-state index in [4.69, 9.17) is 11.6 Å². The van der Waals surface area contributed by atoms with Gasteiger partial charge in [0, 0.05) is 24.7 Å². The molecule has 0 aliphatic carbocycles. The Hall–Kier alpha value is -1.18. The molecule has 1 unspecified atom stereocenters. The first kappa shape index (κ1) is 19.1. The maximum Gasteiger partial charge on any atom is 0.246 e. The predicted molar refractivity (Wildman–Crippen MR) is 94.6 cm³/mol. The van der Waals surface area contributed by atoms with E-state index in [0.717, 1.165) is 11.6 Å². The molecule has 1 heterocycles. The van der Waals surface area contributed by atoms with Gasteiger partial charge in [-0.25, -0.2) is 12.8 Å². The molecule has 1 fully saturated rings. The van der Waals surface area contributed by atoms with Crippen molar-refractivity contribution in [1.82, 2.24) is 9.62 Å². The van der Waals surface area contributed by atoms with E-state index in [9.17, 15) is 12.8 Å². The van der Waals surface area contributed by atoms with Crippen LogP contribution >= 0.6 is 24.0 Å². The maximum atomic E-state index is 14.0. The monoisotopic (exact) mass is 390 g/mol. The third-order valence-corrected chi connectivity index (χ3v) is 6.03. The summed E-state index contributed by atoms with van der Waals surface area (Å²) >= 11 is 6.02. The second-order valence-corrected chi connectivity index (χ2v) is 7.62. The molecule has 1 atom stereocenters. The summed E-state index contributed by atoms with van der Waals surface area (Å²) in [4.78, 5) is -0.297. The summed E-state index contributed by atoms with van der Waals surface area (Å²) in [6, 6.07) is 12.1. The van der Waals surface area contributed by atoms with Gasteiger partial charge in [-0.3, -0.25) is 0 Å². The van der Waals surface area contributed by atoms with E-state index < -0.39 is 21.9 Å². The number of nitrogens with one attached hydrogen (secondary N) is 1. The highest BCUT2D eigenvalue weighted by molar-refractivity contribution is 7.89. The summed E-state index contributed by atoms with van der Waals surface area (Å²) in [6.45, 7) is 1.24. The van der Waals surface area contributed by atoms with Crippen LogP contribution in [0.3, 0.4) is 0 Å². The summed E-state index contributed by atoms with van der Waals surface area (Å²) in [5, 5.41) is 3.72. The molecule has 4 nitrogen and oxygen atoms in total. The van der Waals surface area contributed by atoms with Crippen LogP contribution in [0, 0.1) is 5.82 Å². The molecular weight excluding hydrogens is 374 g/mol. The Kier molecular flexibility index (Phi) is 6.22. The van der Waals surface area contributed by atoms with Gasteiger partial charge in [0.25, 0.3) is 0 Å². The second-order valence-electron chi connectivity index (χ2n) is 5.32. The van der Waals surface area contributed by atoms with Gasteiger partial charge in [0.1, 0.15) is 10.7 Å². The van der Waals surface area contributed by atoms with Crippen LogP contribution in [0.25, 0.3) is 0 Å². The molecule has 0 spiro atoms. The zero-order valence-electron chi connectivity index (χ0n) is 12.7. The summed E-state index contributed by atoms with van der Waals surface area (Å²) in [7, 11) is -3.93. The fourth-order valence-corrected chi connectivity index (χ4v) is 4.63. The third kappa shape index (κ3) is 3.73. The van der Waals surface area contributed by atoms with Gasteiger partial charge < -0.3 is 5.32 Å². The molecule has 8 heteroatoms. The lowest BCUT2D eigenvalue weighted by atomic mass is 10.1. The van der Waals surface area contributed by atoms with Gasteiger partial charge in [0.05, 0.1) is 6.04 Å². The fourth-order valence-electron chi connectivity index (χ4n) is 2.75. The quantitative estimate of drug-likeness (QED) is 0.874. The molecule has 0 saturated carbocycles. The average molecular weight is 391 g/mol. The van der Waals surface area contributed by atoms with Crippen molar-refractivity contribution < 1.29 is 12.8 Å². The molecule has 2 aromatic rings. The Morgan fingerprint density at radius 2 is 1.92 bits per heavy atom. The van der Waals surface area contributed by atoms with Crippen LogP contribution in [0.1, 0.15) is 11.6 Å². The van der Waals surface area contributed by atoms with E-state index in [1.807, 2.05) is 6.07 Å². The molecule has 0 aromatic heterocycles. The molecule has 130 valence electrons. The first-order chi connectivity index (χ1) is 11.0. The lowest BCUT2D eigenvalue weighted by Gasteiger charge is -2.35. The van der Waals surface area contributed by atoms with Crippen molar-refractivity contribution in [2.24, 2.45) is 0 Å². The van der Waals surface area contributed by atoms with Crippen molar-refractivity contribution in [3.05, 3.63) is 64.9 Å². The van der Waals surface area contributed by atoms with Gasteiger partial charge in [-0.2, -0.15) is 4.31 Å². The van der Waals surface area contributed by atoms with Crippen molar-refractivity contribution in [2.75, 3.05) is 19.6 Å². The smallest absolute Gasteiger partial charge is 0.246 e. The van der Waals surface area contributed by atoms with E-state index in [0.29, 0.717) is 18.1 Å². The maximum absolute atomic E-state index is 14.0. The third-order valence-electron chi connectivity index (χ3n) is 3.85. The average Bonchev–Trinajstić information content (AvgIpc) is 2.55. The Balaban J connectivity index is 0.00000208. The van der Waals surface area contributed by atoms with Crippen LogP contribution in [-0.4, -0.2) is 32.4 Å². The van der Waals surface area contributed by atoms with Gasteiger partial charge in [0.2, 0.25) is 10.0 Å². The van der Waals surface area contributed by atoms with Gasteiger partial charge in [-0.15, -0.1) is 12.4 Å². The first-order valence-electron chi connectivity index (χ1n) is 7.23. The number of sulfonamides is 1. The van der Waals surface area contributed by atoms with Crippen molar-refractivity contribution in [3.8, 4) is 0 Å². The molecule has 0 bridgehead atoms. The molecule has 1 aliphatic rings. The molecule has 0 radical (unpaired) electrons. The lowest BCUT2D eigenvalue weighted by molar-refractivity contribution is 0.270. The van der Waals surface area contributed by atoms with Crippen LogP contribution in [0.4, 0.5) is 4.39 Å². The second kappa shape index (κ2) is 7.80. The highest BCUT2D eigenvalue weighted by Crippen LogP contribution is 2.30. The largest absolute Gasteiger partial charge is 0.313 e. The normalized spacial score (nSPS) is 18.8. The Labute approximate surface area is 152 Å². The van der Waals surface area contributed by atoms with E-state index in [2.05, 4.69) is 5.32 Å². The molecule has 3 rings (SSSR count). The number of benzene rings is 2. The van der Waals surface area contributed by atoms with Gasteiger partial charge in [0.15, 0.2) is 0 Å². The highest BCUT2D eigenvalue weighted by atomic mass is 35.5. The minimum atomic E-state index is -3.93. The molecule has 1 aliphatic heterocycles. The van der Waals surface area contributed by atoms with Crippen LogP contribution in [0.5, 0.6) is 0 Å². The zero-order valence-corrected chi connectivity index (χ0v) is 15.0. The number of rotatable bonds is 3. The zero-order chi connectivity index (χ0) is 16.4. The highest BCUT2D eigenvalue weighted by Gasteiger charge is 2.35. The van der Waals surface area contributed by atoms with Crippen molar-refractivity contribution in [2.45, 2.75) is 10.9 Å². The summed E-state index contributed by atoms with van der Waals surface area (Å²) in [5.74, 6) is -0.740. The van der Waals surface area contributed by atoms with Crippen LogP contribution < -0.4 is 5.32 Å². The van der Waals surface area contributed by atoms with Crippen molar-refractivity contribution in [3.63, 3.8) is 0 Å². The minimum absolute atomic E-state index is 0. The SMILES string of the molecule is Cl.O=S(=O)(c1ccccc1F)N1CCNCC1c1cccc(Cl)c1. The molecular formula is C16H17Cl2FN2O2S. The van der Waals surface area contributed by atoms with Gasteiger partial charge in [-0.05, 0) is 29.8 Å². The van der Waals surface area contributed by atoms with Crippen molar-refractivity contribution >= 4 is 34.0 Å². The molecule has 24 heavy (non-hydrogen) atoms. The molecule has 1 N–H and O–H groups in total. The van der Waals surface area contributed by atoms with Crippen LogP contribution in [-0.2, 0) is 10.0 Å². The van der Waals surface area contributed by atoms with E-state index in [-0.39, 0.29) is 23.8 Å². The predicted octanol–water partition coefficient (Wildman–Crippen LogP) is 3.24. The van der Waals surface area contributed by atoms with Crippen molar-refractivity contribution in [1.29, 1.82) is 0 Å². The lowest BCUT2D eigenvalue weighted by Crippen LogP contribution is -2.48. The van der Waals surface area contributed by atoms with Gasteiger partial charge >= 0.3 is 0 Å². The standard InChI is InChI=1S/C16H16ClFN2O2S.ClH/c17-13-5-3-4-12(10-13)15-11-19-8-9-20(15)23(21,22)16-7-2-1-6-14(16)18;/h1-7,10,15,19H,8-9,11H2;1H. The van der Waals surface area contributed by atoms with Crippen LogP contribution in [0.2, 0.25) is 5.02 Å². The Morgan fingerprint density at radius 3 is 2.62 bits per heavy atom. The number of hydrogen-bond acceptors (Lipinski definition) is 3. The Morgan fingerprint density at radius 1 is 1.17 bits per heavy atom. The number of piperazine rings is 1. The number of halogens is 3. The topological polar surface area (TPSA) is 49.4 Å². The first-order valence-corrected chi connectivity index (χ1v) is 9.04. The van der Waals surface area contributed by atoms with E-state index >= 15 is 0 Å². The number of hydrogen-bond donors (Lipinski definition) is 1. The fraction of sp³-hybridized carbons (Fsp3) is 0.250. The van der Waals surface area contributed by atoms with Crippen LogP contribution in [0.15, 0.2) is 53.4 Å². The van der Waals surface area contributed by atoms with Gasteiger partial charge in [-0.1, -0.05) is 35.9 Å².